The SMILES string of the molecule is CNC(=O)c1ccc(OC)c(NCC#Cc2cc(C(=O)NC(C)CC(=O)OC)c3ncn(CC(F)(F)F)c3c2)c1. The second-order valence-electron chi connectivity index (χ2n) is 8.68. The maximum absolute atomic E-state index is 13.2. The number of hydrogen-bond donors (Lipinski definition) is 3. The fraction of sp³-hybridized carbons (Fsp3) is 0.333. The molecule has 2 amide bonds. The van der Waals surface area contributed by atoms with Gasteiger partial charge in [-0.25, -0.2) is 4.98 Å². The number of halogens is 3. The number of ether oxygens (including phenoxy) is 2. The molecule has 0 saturated carbocycles. The second kappa shape index (κ2) is 12.9. The van der Waals surface area contributed by atoms with Gasteiger partial charge in [0, 0.05) is 24.2 Å². The molecular weight excluding hydrogens is 531 g/mol. The minimum atomic E-state index is -4.51. The Morgan fingerprint density at radius 1 is 1.12 bits per heavy atom. The number of imidazole rings is 1. The average molecular weight is 560 g/mol. The van der Waals surface area contributed by atoms with Crippen molar-refractivity contribution >= 4 is 34.5 Å². The number of hydrogen-bond acceptors (Lipinski definition) is 7. The van der Waals surface area contributed by atoms with E-state index in [2.05, 4.69) is 37.5 Å². The molecule has 40 heavy (non-hydrogen) atoms. The largest absolute Gasteiger partial charge is 0.495 e. The third-order valence-corrected chi connectivity index (χ3v) is 5.69. The van der Waals surface area contributed by atoms with E-state index in [0.717, 1.165) is 10.9 Å². The number of nitrogens with zero attached hydrogens (tertiary/aromatic N) is 2. The summed E-state index contributed by atoms with van der Waals surface area (Å²) in [5.74, 6) is 4.76. The molecule has 0 fully saturated rings. The minimum absolute atomic E-state index is 0.00680. The zero-order valence-corrected chi connectivity index (χ0v) is 22.2. The fourth-order valence-corrected chi connectivity index (χ4v) is 3.83. The lowest BCUT2D eigenvalue weighted by Crippen LogP contribution is -2.34. The van der Waals surface area contributed by atoms with Crippen LogP contribution in [0.5, 0.6) is 5.75 Å². The summed E-state index contributed by atoms with van der Waals surface area (Å²) in [4.78, 5) is 40.6. The Morgan fingerprint density at radius 2 is 1.88 bits per heavy atom. The van der Waals surface area contributed by atoms with E-state index in [0.29, 0.717) is 17.0 Å². The van der Waals surface area contributed by atoms with Crippen LogP contribution in [0.3, 0.4) is 0 Å². The molecule has 1 unspecified atom stereocenters. The first-order valence-corrected chi connectivity index (χ1v) is 12.0. The van der Waals surface area contributed by atoms with Gasteiger partial charge in [0.15, 0.2) is 0 Å². The van der Waals surface area contributed by atoms with E-state index in [-0.39, 0.29) is 41.0 Å². The molecule has 0 aliphatic carbocycles. The quantitative estimate of drug-likeness (QED) is 0.272. The maximum atomic E-state index is 13.2. The Morgan fingerprint density at radius 3 is 2.52 bits per heavy atom. The lowest BCUT2D eigenvalue weighted by molar-refractivity contribution is -0.141. The number of anilines is 1. The van der Waals surface area contributed by atoms with Gasteiger partial charge in [0.1, 0.15) is 17.8 Å². The van der Waals surface area contributed by atoms with Crippen LogP contribution in [-0.2, 0) is 16.1 Å². The molecule has 1 atom stereocenters. The van der Waals surface area contributed by atoms with E-state index >= 15 is 0 Å². The molecule has 0 saturated heterocycles. The van der Waals surface area contributed by atoms with E-state index in [1.807, 2.05) is 0 Å². The van der Waals surface area contributed by atoms with Crippen molar-refractivity contribution in [3.05, 3.63) is 53.3 Å². The van der Waals surface area contributed by atoms with Crippen LogP contribution in [0.1, 0.15) is 39.6 Å². The van der Waals surface area contributed by atoms with Gasteiger partial charge in [0.25, 0.3) is 11.8 Å². The molecule has 13 heteroatoms. The van der Waals surface area contributed by atoms with Crippen molar-refractivity contribution in [1.82, 2.24) is 20.2 Å². The number of nitrogens with one attached hydrogen (secondary N) is 3. The summed E-state index contributed by atoms with van der Waals surface area (Å²) >= 11 is 0. The van der Waals surface area contributed by atoms with Crippen LogP contribution in [0.2, 0.25) is 0 Å². The van der Waals surface area contributed by atoms with Crippen LogP contribution in [0, 0.1) is 11.8 Å². The van der Waals surface area contributed by atoms with Gasteiger partial charge in [0.2, 0.25) is 0 Å². The number of amides is 2. The molecule has 10 nitrogen and oxygen atoms in total. The average Bonchev–Trinajstić information content (AvgIpc) is 3.30. The van der Waals surface area contributed by atoms with Crippen LogP contribution in [0.15, 0.2) is 36.7 Å². The van der Waals surface area contributed by atoms with Crippen molar-refractivity contribution < 1.29 is 37.0 Å². The highest BCUT2D eigenvalue weighted by atomic mass is 19.4. The Labute approximate surface area is 228 Å². The molecule has 3 aromatic rings. The first-order valence-electron chi connectivity index (χ1n) is 12.0. The van der Waals surface area contributed by atoms with E-state index in [4.69, 9.17) is 4.74 Å². The fourth-order valence-electron chi connectivity index (χ4n) is 3.83. The van der Waals surface area contributed by atoms with Gasteiger partial charge < -0.3 is 30.0 Å². The highest BCUT2D eigenvalue weighted by molar-refractivity contribution is 6.05. The topological polar surface area (TPSA) is 124 Å². The maximum Gasteiger partial charge on any atom is 0.406 e. The highest BCUT2D eigenvalue weighted by Crippen LogP contribution is 2.26. The Balaban J connectivity index is 1.92. The van der Waals surface area contributed by atoms with Crippen molar-refractivity contribution in [2.45, 2.75) is 32.1 Å². The number of benzene rings is 2. The van der Waals surface area contributed by atoms with E-state index in [9.17, 15) is 27.6 Å². The summed E-state index contributed by atoms with van der Waals surface area (Å²) in [6.45, 7) is 0.380. The number of carbonyl (C=O) groups is 3. The number of rotatable bonds is 9. The molecule has 3 rings (SSSR count). The summed E-state index contributed by atoms with van der Waals surface area (Å²) in [5.41, 5.74) is 1.33. The number of carbonyl (C=O) groups excluding carboxylic acids is 3. The predicted octanol–water partition coefficient (Wildman–Crippen LogP) is 3.11. The molecule has 0 spiro atoms. The summed E-state index contributed by atoms with van der Waals surface area (Å²) in [6, 6.07) is 7.07. The van der Waals surface area contributed by atoms with E-state index < -0.39 is 30.6 Å². The van der Waals surface area contributed by atoms with Crippen molar-refractivity contribution in [1.29, 1.82) is 0 Å². The summed E-state index contributed by atoms with van der Waals surface area (Å²) in [5, 5.41) is 8.22. The number of aromatic nitrogens is 2. The van der Waals surface area contributed by atoms with Crippen molar-refractivity contribution in [3.63, 3.8) is 0 Å². The van der Waals surface area contributed by atoms with Crippen LogP contribution in [0.25, 0.3) is 11.0 Å². The standard InChI is InChI=1S/C27H28F3N5O5/c1-16(10-23(36)40-4)34-26(38)19-11-17(12-21-24(19)33-15-35(21)14-27(28,29)30)6-5-9-32-20-13-18(25(37)31-2)7-8-22(20)39-3/h7-8,11-13,15-16,32H,9-10,14H2,1-4H3,(H,31,37)(H,34,38). The van der Waals surface area contributed by atoms with Crippen LogP contribution < -0.4 is 20.7 Å². The summed E-state index contributed by atoms with van der Waals surface area (Å²) in [6.07, 6.45) is -3.60. The summed E-state index contributed by atoms with van der Waals surface area (Å²) in [7, 11) is 4.21. The normalized spacial score (nSPS) is 11.7. The van der Waals surface area contributed by atoms with E-state index in [1.165, 1.54) is 33.4 Å². The Hall–Kier alpha value is -4.73. The van der Waals surface area contributed by atoms with Gasteiger partial charge in [-0.2, -0.15) is 13.2 Å². The van der Waals surface area contributed by atoms with Gasteiger partial charge in [-0.3, -0.25) is 14.4 Å². The van der Waals surface area contributed by atoms with E-state index in [1.54, 1.807) is 25.1 Å². The molecule has 1 aromatic heterocycles. The van der Waals surface area contributed by atoms with Crippen LogP contribution in [0.4, 0.5) is 18.9 Å². The van der Waals surface area contributed by atoms with Gasteiger partial charge in [0.05, 0.1) is 50.3 Å². The summed E-state index contributed by atoms with van der Waals surface area (Å²) < 4.78 is 50.3. The molecule has 0 bridgehead atoms. The monoisotopic (exact) mass is 559 g/mol. The first-order chi connectivity index (χ1) is 18.9. The third kappa shape index (κ3) is 7.66. The number of esters is 1. The molecule has 1 heterocycles. The van der Waals surface area contributed by atoms with Crippen LogP contribution in [-0.4, -0.2) is 67.4 Å². The van der Waals surface area contributed by atoms with Gasteiger partial charge in [-0.1, -0.05) is 11.8 Å². The lowest BCUT2D eigenvalue weighted by Gasteiger charge is -2.14. The zero-order chi connectivity index (χ0) is 29.4. The smallest absolute Gasteiger partial charge is 0.406 e. The molecule has 212 valence electrons. The number of methoxy groups -OCH3 is 2. The Bertz CT molecular complexity index is 1470. The van der Waals surface area contributed by atoms with Gasteiger partial charge >= 0.3 is 12.1 Å². The molecule has 3 N–H and O–H groups in total. The Kier molecular flexibility index (Phi) is 9.60. The van der Waals surface area contributed by atoms with Crippen molar-refractivity contribution in [2.75, 3.05) is 33.1 Å². The minimum Gasteiger partial charge on any atom is -0.495 e. The molecular formula is C27H28F3N5O5. The molecule has 2 aromatic carbocycles. The predicted molar refractivity (Wildman–Crippen MR) is 141 cm³/mol. The zero-order valence-electron chi connectivity index (χ0n) is 22.2. The van der Waals surface area contributed by atoms with Crippen LogP contribution >= 0.6 is 0 Å². The lowest BCUT2D eigenvalue weighted by atomic mass is 10.1. The number of alkyl halides is 3. The van der Waals surface area contributed by atoms with Gasteiger partial charge in [-0.15, -0.1) is 0 Å². The highest BCUT2D eigenvalue weighted by Gasteiger charge is 2.29. The molecule has 0 aliphatic heterocycles. The third-order valence-electron chi connectivity index (χ3n) is 5.69. The first kappa shape index (κ1) is 29.8. The van der Waals surface area contributed by atoms with Crippen molar-refractivity contribution in [3.8, 4) is 17.6 Å². The molecule has 0 aliphatic rings. The molecule has 0 radical (unpaired) electrons. The van der Waals surface area contributed by atoms with Gasteiger partial charge in [-0.05, 0) is 37.3 Å². The number of fused-ring (bicyclic) bond motifs is 1. The second-order valence-corrected chi connectivity index (χ2v) is 8.68. The van der Waals surface area contributed by atoms with Crippen molar-refractivity contribution in [2.24, 2.45) is 0 Å².